The lowest BCUT2D eigenvalue weighted by molar-refractivity contribution is -0.143. The van der Waals surface area contributed by atoms with Crippen LogP contribution in [-0.2, 0) is 9.59 Å². The van der Waals surface area contributed by atoms with Crippen molar-refractivity contribution >= 4 is 11.9 Å². The predicted molar refractivity (Wildman–Crippen MR) is 73.9 cm³/mol. The number of carbonyl (C=O) groups excluding carboxylic acids is 1. The van der Waals surface area contributed by atoms with Gasteiger partial charge in [0.25, 0.3) is 0 Å². The normalized spacial score (nSPS) is 19.9. The third kappa shape index (κ3) is 4.82. The Morgan fingerprint density at radius 2 is 1.68 bits per heavy atom. The molecule has 0 radical (unpaired) electrons. The highest BCUT2D eigenvalue weighted by Gasteiger charge is 2.26. The fourth-order valence-corrected chi connectivity index (χ4v) is 2.41. The molecule has 0 saturated carbocycles. The maximum Gasteiger partial charge on any atom is 0.307 e. The molecule has 5 nitrogen and oxygen atoms in total. The Morgan fingerprint density at radius 1 is 1.16 bits per heavy atom. The number of hydrogen-bond donors (Lipinski definition) is 1. The summed E-state index contributed by atoms with van der Waals surface area (Å²) in [5.41, 5.74) is 0. The van der Waals surface area contributed by atoms with Crippen LogP contribution in [0, 0.1) is 5.92 Å². The molecule has 1 amide bonds. The molecule has 5 heteroatoms. The van der Waals surface area contributed by atoms with Crippen LogP contribution in [0.5, 0.6) is 0 Å². The van der Waals surface area contributed by atoms with Gasteiger partial charge in [0.2, 0.25) is 5.91 Å². The van der Waals surface area contributed by atoms with Gasteiger partial charge in [-0.3, -0.25) is 14.5 Å². The average Bonchev–Trinajstić information content (AvgIpc) is 2.65. The molecule has 1 aliphatic rings. The second-order valence-electron chi connectivity index (χ2n) is 5.59. The van der Waals surface area contributed by atoms with E-state index in [4.69, 9.17) is 5.11 Å². The van der Waals surface area contributed by atoms with Gasteiger partial charge < -0.3 is 10.0 Å². The Morgan fingerprint density at radius 3 is 2.16 bits per heavy atom. The van der Waals surface area contributed by atoms with Gasteiger partial charge in [0.1, 0.15) is 0 Å². The molecule has 0 aromatic carbocycles. The van der Waals surface area contributed by atoms with Gasteiger partial charge in [0, 0.05) is 19.6 Å². The quantitative estimate of drug-likeness (QED) is 0.821. The van der Waals surface area contributed by atoms with E-state index in [2.05, 4.69) is 0 Å². The summed E-state index contributed by atoms with van der Waals surface area (Å²) < 4.78 is 0. The minimum absolute atomic E-state index is 0.127. The van der Waals surface area contributed by atoms with Crippen LogP contribution < -0.4 is 0 Å². The molecule has 1 fully saturated rings. The fraction of sp³-hybridized carbons (Fsp3) is 0.857. The van der Waals surface area contributed by atoms with Gasteiger partial charge in [-0.15, -0.1) is 0 Å². The summed E-state index contributed by atoms with van der Waals surface area (Å²) in [5, 5.41) is 8.92. The molecule has 19 heavy (non-hydrogen) atoms. The van der Waals surface area contributed by atoms with Gasteiger partial charge in [-0.25, -0.2) is 0 Å². The van der Waals surface area contributed by atoms with E-state index in [1.54, 1.807) is 6.92 Å². The highest BCUT2D eigenvalue weighted by atomic mass is 16.4. The number of likely N-dealkylation sites (tertiary alicyclic amines) is 1. The third-order valence-electron chi connectivity index (χ3n) is 3.92. The van der Waals surface area contributed by atoms with E-state index in [1.807, 2.05) is 23.8 Å². The summed E-state index contributed by atoms with van der Waals surface area (Å²) >= 11 is 0. The van der Waals surface area contributed by atoms with Crippen LogP contribution in [0.4, 0.5) is 0 Å². The topological polar surface area (TPSA) is 60.9 Å². The van der Waals surface area contributed by atoms with Crippen molar-refractivity contribution in [3.8, 4) is 0 Å². The van der Waals surface area contributed by atoms with Gasteiger partial charge in [-0.05, 0) is 26.8 Å². The van der Waals surface area contributed by atoms with Crippen LogP contribution in [0.1, 0.15) is 39.5 Å². The first-order chi connectivity index (χ1) is 8.93. The minimum Gasteiger partial charge on any atom is -0.481 e. The Labute approximate surface area is 115 Å². The second kappa shape index (κ2) is 7.48. The molecule has 1 N–H and O–H groups in total. The van der Waals surface area contributed by atoms with Crippen LogP contribution in [-0.4, -0.2) is 59.5 Å². The summed E-state index contributed by atoms with van der Waals surface area (Å²) in [6.45, 7) is 5.61. The fourth-order valence-electron chi connectivity index (χ4n) is 2.41. The van der Waals surface area contributed by atoms with Gasteiger partial charge in [0.05, 0.1) is 12.0 Å². The molecule has 0 aromatic heterocycles. The van der Waals surface area contributed by atoms with Crippen LogP contribution in [0.15, 0.2) is 0 Å². The monoisotopic (exact) mass is 270 g/mol. The molecule has 0 aromatic rings. The van der Waals surface area contributed by atoms with Gasteiger partial charge in [-0.1, -0.05) is 19.8 Å². The van der Waals surface area contributed by atoms with Crippen LogP contribution in [0.25, 0.3) is 0 Å². The number of nitrogens with zero attached hydrogens (tertiary/aromatic N) is 2. The number of carboxylic acids is 1. The molecule has 1 heterocycles. The van der Waals surface area contributed by atoms with Gasteiger partial charge >= 0.3 is 5.97 Å². The number of rotatable bonds is 5. The van der Waals surface area contributed by atoms with Gasteiger partial charge in [-0.2, -0.15) is 0 Å². The average molecular weight is 270 g/mol. The standard InChI is InChI=1S/C14H26N2O3/c1-11(14(18)19)10-15(3)12(2)13(17)16-8-6-4-5-7-9-16/h11-12H,4-10H2,1-3H3,(H,18,19). The molecule has 2 unspecified atom stereocenters. The largest absolute Gasteiger partial charge is 0.481 e. The Kier molecular flexibility index (Phi) is 6.28. The molecule has 2 atom stereocenters. The van der Waals surface area contributed by atoms with E-state index in [-0.39, 0.29) is 11.9 Å². The summed E-state index contributed by atoms with van der Waals surface area (Å²) in [5.74, 6) is -1.15. The van der Waals surface area contributed by atoms with E-state index in [0.29, 0.717) is 6.54 Å². The first kappa shape index (κ1) is 16.0. The van der Waals surface area contributed by atoms with Gasteiger partial charge in [0.15, 0.2) is 0 Å². The number of carboxylic acid groups (broad SMARTS) is 1. The van der Waals surface area contributed by atoms with E-state index in [1.165, 1.54) is 12.8 Å². The molecule has 0 aliphatic carbocycles. The number of amides is 1. The first-order valence-corrected chi connectivity index (χ1v) is 7.15. The molecule has 1 rings (SSSR count). The predicted octanol–water partition coefficient (Wildman–Crippen LogP) is 1.43. The molecule has 110 valence electrons. The van der Waals surface area contributed by atoms with Crippen molar-refractivity contribution < 1.29 is 14.7 Å². The highest BCUT2D eigenvalue weighted by molar-refractivity contribution is 5.81. The summed E-state index contributed by atoms with van der Waals surface area (Å²) in [6.07, 6.45) is 4.55. The molecular weight excluding hydrogens is 244 g/mol. The Balaban J connectivity index is 2.52. The van der Waals surface area contributed by atoms with E-state index in [0.717, 1.165) is 25.9 Å². The van der Waals surface area contributed by atoms with Crippen molar-refractivity contribution in [3.05, 3.63) is 0 Å². The number of hydrogen-bond acceptors (Lipinski definition) is 3. The first-order valence-electron chi connectivity index (χ1n) is 7.15. The summed E-state index contributed by atoms with van der Waals surface area (Å²) in [6, 6.07) is -0.250. The molecule has 1 aliphatic heterocycles. The maximum atomic E-state index is 12.4. The van der Waals surface area contributed by atoms with Crippen molar-refractivity contribution in [1.82, 2.24) is 9.80 Å². The van der Waals surface area contributed by atoms with Crippen molar-refractivity contribution in [1.29, 1.82) is 0 Å². The zero-order chi connectivity index (χ0) is 14.4. The SMILES string of the molecule is CC(CN(C)C(C)C(=O)N1CCCCCC1)C(=O)O. The van der Waals surface area contributed by atoms with Crippen molar-refractivity contribution in [2.24, 2.45) is 5.92 Å². The molecule has 0 bridgehead atoms. The molecule has 0 spiro atoms. The van der Waals surface area contributed by atoms with Crippen molar-refractivity contribution in [2.75, 3.05) is 26.7 Å². The number of aliphatic carboxylic acids is 1. The number of carbonyl (C=O) groups is 2. The summed E-state index contributed by atoms with van der Waals surface area (Å²) in [4.78, 5) is 27.0. The second-order valence-corrected chi connectivity index (χ2v) is 5.59. The lowest BCUT2D eigenvalue weighted by Crippen LogP contribution is -2.47. The third-order valence-corrected chi connectivity index (χ3v) is 3.92. The smallest absolute Gasteiger partial charge is 0.307 e. The lowest BCUT2D eigenvalue weighted by atomic mass is 10.1. The van der Waals surface area contributed by atoms with Crippen molar-refractivity contribution in [2.45, 2.75) is 45.6 Å². The zero-order valence-corrected chi connectivity index (χ0v) is 12.3. The highest BCUT2D eigenvalue weighted by Crippen LogP contribution is 2.13. The van der Waals surface area contributed by atoms with E-state index < -0.39 is 11.9 Å². The summed E-state index contributed by atoms with van der Waals surface area (Å²) in [7, 11) is 1.82. The Bertz CT molecular complexity index is 312. The maximum absolute atomic E-state index is 12.4. The Hall–Kier alpha value is -1.10. The van der Waals surface area contributed by atoms with E-state index in [9.17, 15) is 9.59 Å². The zero-order valence-electron chi connectivity index (χ0n) is 12.3. The molecular formula is C14H26N2O3. The van der Waals surface area contributed by atoms with Crippen molar-refractivity contribution in [3.63, 3.8) is 0 Å². The molecule has 1 saturated heterocycles. The van der Waals surface area contributed by atoms with Crippen LogP contribution in [0.2, 0.25) is 0 Å². The minimum atomic E-state index is -0.818. The van der Waals surface area contributed by atoms with Crippen LogP contribution in [0.3, 0.4) is 0 Å². The van der Waals surface area contributed by atoms with Crippen LogP contribution >= 0.6 is 0 Å². The lowest BCUT2D eigenvalue weighted by Gasteiger charge is -2.30. The number of likely N-dealkylation sites (N-methyl/N-ethyl adjacent to an activating group) is 1. The van der Waals surface area contributed by atoms with E-state index >= 15 is 0 Å².